The quantitative estimate of drug-likeness (QED) is 0.561. The number of benzene rings is 2. The molecule has 2 amide bonds. The highest BCUT2D eigenvalue weighted by Crippen LogP contribution is 2.35. The third-order valence-corrected chi connectivity index (χ3v) is 3.73. The summed E-state index contributed by atoms with van der Waals surface area (Å²) in [6.07, 6.45) is 0. The Morgan fingerprint density at radius 3 is 2.50 bits per heavy atom. The highest BCUT2D eigenvalue weighted by molar-refractivity contribution is 9.10. The number of halogens is 2. The molecule has 0 bridgehead atoms. The van der Waals surface area contributed by atoms with Gasteiger partial charge in [0.15, 0.2) is 6.61 Å². The summed E-state index contributed by atoms with van der Waals surface area (Å²) in [6.45, 7) is -0.674. The van der Waals surface area contributed by atoms with Crippen molar-refractivity contribution in [1.29, 1.82) is 0 Å². The lowest BCUT2D eigenvalue weighted by Crippen LogP contribution is -2.34. The van der Waals surface area contributed by atoms with E-state index in [1.165, 1.54) is 19.2 Å². The highest BCUT2D eigenvalue weighted by atomic mass is 79.9. The van der Waals surface area contributed by atoms with Crippen molar-refractivity contribution in [1.82, 2.24) is 5.32 Å². The molecule has 0 aliphatic heterocycles. The Morgan fingerprint density at radius 1 is 1.27 bits per heavy atom. The van der Waals surface area contributed by atoms with E-state index in [1.54, 1.807) is 12.1 Å². The molecule has 0 atom stereocenters. The molecule has 8 nitrogen and oxygen atoms in total. The Bertz CT molecular complexity index is 857. The first kappa shape index (κ1) is 19.3. The zero-order valence-electron chi connectivity index (χ0n) is 13.3. The summed E-state index contributed by atoms with van der Waals surface area (Å²) in [4.78, 5) is 33.9. The van der Waals surface area contributed by atoms with Gasteiger partial charge in [0.05, 0.1) is 22.6 Å². The lowest BCUT2D eigenvalue weighted by molar-refractivity contribution is -0.386. The molecule has 0 aliphatic carbocycles. The lowest BCUT2D eigenvalue weighted by Gasteiger charge is -2.09. The fourth-order valence-electron chi connectivity index (χ4n) is 1.94. The molecule has 2 aromatic rings. The standard InChI is InChI=1S/C16H12BrFN2O6/c1-25-11-4-2-9(3-5-11)16(22)19-14(21)8-26-15-12(17)6-10(18)7-13(15)20(23)24/h2-7H,8H2,1H3,(H,19,21,22). The molecule has 0 saturated heterocycles. The molecule has 10 heteroatoms. The van der Waals surface area contributed by atoms with Crippen molar-refractivity contribution < 1.29 is 28.4 Å². The van der Waals surface area contributed by atoms with Crippen LogP contribution < -0.4 is 14.8 Å². The second-order valence-corrected chi connectivity index (χ2v) is 5.74. The predicted molar refractivity (Wildman–Crippen MR) is 91.7 cm³/mol. The molecule has 0 aromatic heterocycles. The molecule has 0 aliphatic rings. The van der Waals surface area contributed by atoms with E-state index >= 15 is 0 Å². The third-order valence-electron chi connectivity index (χ3n) is 3.14. The molecule has 2 aromatic carbocycles. The summed E-state index contributed by atoms with van der Waals surface area (Å²) in [7, 11) is 1.47. The van der Waals surface area contributed by atoms with Crippen molar-refractivity contribution in [3.05, 3.63) is 62.4 Å². The fourth-order valence-corrected chi connectivity index (χ4v) is 2.48. The smallest absolute Gasteiger partial charge is 0.315 e. The van der Waals surface area contributed by atoms with Crippen molar-refractivity contribution in [2.75, 3.05) is 13.7 Å². The van der Waals surface area contributed by atoms with Gasteiger partial charge in [0.2, 0.25) is 5.75 Å². The van der Waals surface area contributed by atoms with Crippen molar-refractivity contribution >= 4 is 33.4 Å². The zero-order valence-corrected chi connectivity index (χ0v) is 14.9. The molecule has 0 fully saturated rings. The van der Waals surface area contributed by atoms with Gasteiger partial charge in [-0.25, -0.2) is 4.39 Å². The van der Waals surface area contributed by atoms with Crippen LogP contribution in [-0.2, 0) is 4.79 Å². The van der Waals surface area contributed by atoms with Crippen LogP contribution in [0.2, 0.25) is 0 Å². The Balaban J connectivity index is 2.02. The van der Waals surface area contributed by atoms with Gasteiger partial charge in [0.25, 0.3) is 11.8 Å². The zero-order chi connectivity index (χ0) is 19.3. The number of methoxy groups -OCH3 is 1. The Morgan fingerprint density at radius 2 is 1.92 bits per heavy atom. The van der Waals surface area contributed by atoms with Gasteiger partial charge in [-0.2, -0.15) is 0 Å². The summed E-state index contributed by atoms with van der Waals surface area (Å²) in [5.41, 5.74) is -0.431. The van der Waals surface area contributed by atoms with E-state index < -0.39 is 34.8 Å². The van der Waals surface area contributed by atoms with Crippen LogP contribution in [0.25, 0.3) is 0 Å². The number of rotatable bonds is 6. The second-order valence-electron chi connectivity index (χ2n) is 4.89. The normalized spacial score (nSPS) is 10.1. The highest BCUT2D eigenvalue weighted by Gasteiger charge is 2.22. The largest absolute Gasteiger partial charge is 0.497 e. The minimum absolute atomic E-state index is 0.0292. The number of carbonyl (C=O) groups excluding carboxylic acids is 2. The molecule has 0 unspecified atom stereocenters. The van der Waals surface area contributed by atoms with E-state index in [0.29, 0.717) is 11.8 Å². The summed E-state index contributed by atoms with van der Waals surface area (Å²) < 4.78 is 23.3. The van der Waals surface area contributed by atoms with Crippen LogP contribution in [-0.4, -0.2) is 30.5 Å². The van der Waals surface area contributed by atoms with Crippen molar-refractivity contribution in [2.24, 2.45) is 0 Å². The van der Waals surface area contributed by atoms with Crippen LogP contribution in [0.5, 0.6) is 11.5 Å². The van der Waals surface area contributed by atoms with E-state index in [-0.39, 0.29) is 15.8 Å². The van der Waals surface area contributed by atoms with Crippen LogP contribution >= 0.6 is 15.9 Å². The molecule has 0 heterocycles. The topological polar surface area (TPSA) is 108 Å². The molecule has 1 N–H and O–H groups in total. The Kier molecular flexibility index (Phi) is 6.23. The Hall–Kier alpha value is -3.01. The number of hydrogen-bond donors (Lipinski definition) is 1. The molecule has 0 saturated carbocycles. The van der Waals surface area contributed by atoms with E-state index in [0.717, 1.165) is 6.07 Å². The molecule has 26 heavy (non-hydrogen) atoms. The van der Waals surface area contributed by atoms with Crippen molar-refractivity contribution in [2.45, 2.75) is 0 Å². The number of amides is 2. The number of nitrogens with one attached hydrogen (secondary N) is 1. The molecule has 0 spiro atoms. The second kappa shape index (κ2) is 8.39. The molecule has 136 valence electrons. The maximum absolute atomic E-state index is 13.3. The van der Waals surface area contributed by atoms with Gasteiger partial charge in [-0.05, 0) is 46.3 Å². The molecule has 2 rings (SSSR count). The van der Waals surface area contributed by atoms with Gasteiger partial charge in [-0.3, -0.25) is 25.0 Å². The summed E-state index contributed by atoms with van der Waals surface area (Å²) in [5, 5.41) is 13.0. The minimum atomic E-state index is -0.844. The predicted octanol–water partition coefficient (Wildman–Crippen LogP) is 2.84. The number of nitrogens with zero attached hydrogens (tertiary/aromatic N) is 1. The number of ether oxygens (including phenoxy) is 2. The van der Waals surface area contributed by atoms with Crippen LogP contribution in [0.4, 0.5) is 10.1 Å². The summed E-state index contributed by atoms with van der Waals surface area (Å²) in [6, 6.07) is 7.65. The van der Waals surface area contributed by atoms with Gasteiger partial charge in [0.1, 0.15) is 11.6 Å². The van der Waals surface area contributed by atoms with E-state index in [4.69, 9.17) is 9.47 Å². The van der Waals surface area contributed by atoms with Gasteiger partial charge in [-0.15, -0.1) is 0 Å². The SMILES string of the molecule is COc1ccc(C(=O)NC(=O)COc2c(Br)cc(F)cc2[N+](=O)[O-])cc1. The first-order valence-electron chi connectivity index (χ1n) is 7.06. The van der Waals surface area contributed by atoms with Crippen molar-refractivity contribution in [3.8, 4) is 11.5 Å². The van der Waals surface area contributed by atoms with E-state index in [1.807, 2.05) is 0 Å². The van der Waals surface area contributed by atoms with Gasteiger partial charge in [-0.1, -0.05) is 0 Å². The van der Waals surface area contributed by atoms with Crippen LogP contribution in [0, 0.1) is 15.9 Å². The lowest BCUT2D eigenvalue weighted by atomic mass is 10.2. The average Bonchev–Trinajstić information content (AvgIpc) is 2.60. The van der Waals surface area contributed by atoms with E-state index in [9.17, 15) is 24.1 Å². The third kappa shape index (κ3) is 4.76. The summed E-state index contributed by atoms with van der Waals surface area (Å²) in [5.74, 6) is -2.10. The van der Waals surface area contributed by atoms with Crippen molar-refractivity contribution in [3.63, 3.8) is 0 Å². The first-order chi connectivity index (χ1) is 12.3. The van der Waals surface area contributed by atoms with Crippen LogP contribution in [0.3, 0.4) is 0 Å². The fraction of sp³-hybridized carbons (Fsp3) is 0.125. The number of nitro benzene ring substituents is 1. The van der Waals surface area contributed by atoms with E-state index in [2.05, 4.69) is 21.2 Å². The van der Waals surface area contributed by atoms with Gasteiger partial charge in [0, 0.05) is 5.56 Å². The molecular weight excluding hydrogens is 415 g/mol. The van der Waals surface area contributed by atoms with Crippen LogP contribution in [0.15, 0.2) is 40.9 Å². The molecular formula is C16H12BrFN2O6. The maximum Gasteiger partial charge on any atom is 0.315 e. The van der Waals surface area contributed by atoms with Gasteiger partial charge < -0.3 is 9.47 Å². The first-order valence-corrected chi connectivity index (χ1v) is 7.85. The average molecular weight is 427 g/mol. The molecule has 0 radical (unpaired) electrons. The van der Waals surface area contributed by atoms with Crippen LogP contribution in [0.1, 0.15) is 10.4 Å². The number of imide groups is 1. The van der Waals surface area contributed by atoms with Gasteiger partial charge >= 0.3 is 5.69 Å². The maximum atomic E-state index is 13.3. The number of nitro groups is 1. The Labute approximate surface area is 155 Å². The number of carbonyl (C=O) groups is 2. The minimum Gasteiger partial charge on any atom is -0.497 e. The number of hydrogen-bond acceptors (Lipinski definition) is 6. The summed E-state index contributed by atoms with van der Waals surface area (Å²) >= 11 is 2.94. The monoisotopic (exact) mass is 426 g/mol.